The average Bonchev–Trinajstić information content (AvgIpc) is 2.79. The predicted octanol–water partition coefficient (Wildman–Crippen LogP) is 4.91. The summed E-state index contributed by atoms with van der Waals surface area (Å²) in [6.45, 7) is 2.55. The molecule has 1 unspecified atom stereocenters. The Balaban J connectivity index is 1.95. The summed E-state index contributed by atoms with van der Waals surface area (Å²) >= 11 is 3.42. The Morgan fingerprint density at radius 2 is 1.59 bits per heavy atom. The minimum absolute atomic E-state index is 0.117. The molecule has 6 heteroatoms. The van der Waals surface area contributed by atoms with Gasteiger partial charge in [0, 0.05) is 24.0 Å². The Morgan fingerprint density at radius 3 is 2.25 bits per heavy atom. The number of hydrogen-bond acceptors (Lipinski definition) is 2. The third-order valence-corrected chi connectivity index (χ3v) is 5.72. The van der Waals surface area contributed by atoms with E-state index in [-0.39, 0.29) is 24.8 Å². The van der Waals surface area contributed by atoms with Gasteiger partial charge in [0.05, 0.1) is 6.42 Å². The van der Waals surface area contributed by atoms with Crippen molar-refractivity contribution in [1.29, 1.82) is 0 Å². The Bertz CT molecular complexity index is 1040. The van der Waals surface area contributed by atoms with E-state index in [1.165, 1.54) is 6.07 Å². The fraction of sp³-hybridized carbons (Fsp3) is 0.231. The number of nitrogens with one attached hydrogen (secondary N) is 1. The van der Waals surface area contributed by atoms with Crippen LogP contribution in [-0.2, 0) is 29.0 Å². The van der Waals surface area contributed by atoms with Crippen molar-refractivity contribution in [3.05, 3.63) is 106 Å². The molecule has 3 aromatic rings. The first-order valence-electron chi connectivity index (χ1n) is 10.6. The fourth-order valence-electron chi connectivity index (χ4n) is 3.54. The van der Waals surface area contributed by atoms with Crippen LogP contribution >= 0.6 is 15.9 Å². The van der Waals surface area contributed by atoms with E-state index in [0.29, 0.717) is 18.5 Å². The van der Waals surface area contributed by atoms with E-state index in [2.05, 4.69) is 21.2 Å². The third kappa shape index (κ3) is 6.50. The van der Waals surface area contributed by atoms with Crippen molar-refractivity contribution >= 4 is 27.7 Å². The van der Waals surface area contributed by atoms with E-state index in [9.17, 15) is 14.0 Å². The first kappa shape index (κ1) is 23.7. The number of carbonyl (C=O) groups excluding carboxylic acids is 2. The van der Waals surface area contributed by atoms with E-state index in [1.54, 1.807) is 23.1 Å². The molecule has 32 heavy (non-hydrogen) atoms. The lowest BCUT2D eigenvalue weighted by atomic mass is 10.0. The number of likely N-dealkylation sites (N-methyl/N-ethyl adjacent to an activating group) is 1. The van der Waals surface area contributed by atoms with E-state index in [0.717, 1.165) is 15.6 Å². The molecule has 0 aromatic heterocycles. The van der Waals surface area contributed by atoms with Gasteiger partial charge in [-0.2, -0.15) is 0 Å². The van der Waals surface area contributed by atoms with Gasteiger partial charge in [-0.3, -0.25) is 9.59 Å². The molecule has 0 saturated heterocycles. The van der Waals surface area contributed by atoms with E-state index in [1.807, 2.05) is 61.5 Å². The highest BCUT2D eigenvalue weighted by molar-refractivity contribution is 9.10. The van der Waals surface area contributed by atoms with Crippen molar-refractivity contribution < 1.29 is 14.0 Å². The van der Waals surface area contributed by atoms with Crippen LogP contribution < -0.4 is 5.32 Å². The largest absolute Gasteiger partial charge is 0.355 e. The van der Waals surface area contributed by atoms with Crippen molar-refractivity contribution in [3.63, 3.8) is 0 Å². The molecule has 1 N–H and O–H groups in total. The molecular weight excluding hydrogens is 471 g/mol. The highest BCUT2D eigenvalue weighted by Crippen LogP contribution is 2.19. The Labute approximate surface area is 196 Å². The monoisotopic (exact) mass is 496 g/mol. The second-order valence-electron chi connectivity index (χ2n) is 7.52. The van der Waals surface area contributed by atoms with Gasteiger partial charge in [-0.1, -0.05) is 76.6 Å². The fourth-order valence-corrected chi connectivity index (χ4v) is 3.80. The molecule has 0 fully saturated rings. The first-order chi connectivity index (χ1) is 15.5. The van der Waals surface area contributed by atoms with Crippen molar-refractivity contribution in [3.8, 4) is 0 Å². The third-order valence-electron chi connectivity index (χ3n) is 5.19. The predicted molar refractivity (Wildman–Crippen MR) is 127 cm³/mol. The maximum absolute atomic E-state index is 14.3. The number of hydrogen-bond donors (Lipinski definition) is 1. The van der Waals surface area contributed by atoms with Gasteiger partial charge in [-0.15, -0.1) is 0 Å². The second-order valence-corrected chi connectivity index (χ2v) is 8.43. The topological polar surface area (TPSA) is 49.4 Å². The van der Waals surface area contributed by atoms with E-state index in [4.69, 9.17) is 0 Å². The normalized spacial score (nSPS) is 11.6. The van der Waals surface area contributed by atoms with Crippen molar-refractivity contribution in [2.75, 3.05) is 6.54 Å². The zero-order chi connectivity index (χ0) is 22.9. The van der Waals surface area contributed by atoms with Gasteiger partial charge >= 0.3 is 0 Å². The molecular formula is C26H26BrFN2O2. The lowest BCUT2D eigenvalue weighted by molar-refractivity contribution is -0.140. The summed E-state index contributed by atoms with van der Waals surface area (Å²) in [4.78, 5) is 28.1. The zero-order valence-electron chi connectivity index (χ0n) is 17.9. The molecule has 0 bridgehead atoms. The standard InChI is InChI=1S/C26H26BrFN2O2/c1-2-29-26(32)24(16-19-8-4-3-5-9-19)30(18-20-12-14-22(27)15-13-20)25(31)17-21-10-6-7-11-23(21)28/h3-15,24H,2,16-18H2,1H3,(H,29,32). The number of rotatable bonds is 9. The van der Waals surface area contributed by atoms with Crippen LogP contribution in [0.5, 0.6) is 0 Å². The molecule has 3 rings (SSSR count). The molecule has 0 aliphatic carbocycles. The van der Waals surface area contributed by atoms with Gasteiger partial charge in [0.2, 0.25) is 11.8 Å². The Hall–Kier alpha value is -2.99. The van der Waals surface area contributed by atoms with Gasteiger partial charge in [0.1, 0.15) is 11.9 Å². The summed E-state index contributed by atoms with van der Waals surface area (Å²) in [6.07, 6.45) is 0.250. The molecule has 0 heterocycles. The van der Waals surface area contributed by atoms with Crippen LogP contribution in [0.1, 0.15) is 23.6 Å². The van der Waals surface area contributed by atoms with Crippen LogP contribution in [0.3, 0.4) is 0 Å². The SMILES string of the molecule is CCNC(=O)C(Cc1ccccc1)N(Cc1ccc(Br)cc1)C(=O)Cc1ccccc1F. The molecule has 3 aromatic carbocycles. The lowest BCUT2D eigenvalue weighted by Gasteiger charge is -2.31. The highest BCUT2D eigenvalue weighted by Gasteiger charge is 2.30. The zero-order valence-corrected chi connectivity index (χ0v) is 19.5. The van der Waals surface area contributed by atoms with Crippen LogP contribution in [0, 0.1) is 5.82 Å². The minimum Gasteiger partial charge on any atom is -0.355 e. The molecule has 0 radical (unpaired) electrons. The maximum atomic E-state index is 14.3. The van der Waals surface area contributed by atoms with Gasteiger partial charge in [0.15, 0.2) is 0 Å². The highest BCUT2D eigenvalue weighted by atomic mass is 79.9. The Kier molecular flexibility index (Phi) is 8.56. The number of halogens is 2. The van der Waals surface area contributed by atoms with Crippen molar-refractivity contribution in [1.82, 2.24) is 10.2 Å². The van der Waals surface area contributed by atoms with Crippen molar-refractivity contribution in [2.45, 2.75) is 32.4 Å². The van der Waals surface area contributed by atoms with Crippen LogP contribution in [0.4, 0.5) is 4.39 Å². The summed E-state index contributed by atoms with van der Waals surface area (Å²) in [5.41, 5.74) is 2.15. The molecule has 0 aliphatic rings. The first-order valence-corrected chi connectivity index (χ1v) is 11.4. The van der Waals surface area contributed by atoms with Gasteiger partial charge in [-0.05, 0) is 41.8 Å². The maximum Gasteiger partial charge on any atom is 0.243 e. The lowest BCUT2D eigenvalue weighted by Crippen LogP contribution is -2.51. The number of carbonyl (C=O) groups is 2. The molecule has 1 atom stereocenters. The summed E-state index contributed by atoms with van der Waals surface area (Å²) in [5.74, 6) is -0.956. The molecule has 2 amide bonds. The second kappa shape index (κ2) is 11.6. The quantitative estimate of drug-likeness (QED) is 0.457. The smallest absolute Gasteiger partial charge is 0.243 e. The molecule has 166 valence electrons. The van der Waals surface area contributed by atoms with Crippen LogP contribution in [0.2, 0.25) is 0 Å². The van der Waals surface area contributed by atoms with Gasteiger partial charge < -0.3 is 10.2 Å². The average molecular weight is 497 g/mol. The van der Waals surface area contributed by atoms with Gasteiger partial charge in [0.25, 0.3) is 0 Å². The number of nitrogens with zero attached hydrogens (tertiary/aromatic N) is 1. The summed E-state index contributed by atoms with van der Waals surface area (Å²) in [7, 11) is 0. The van der Waals surface area contributed by atoms with E-state index < -0.39 is 11.9 Å². The van der Waals surface area contributed by atoms with Gasteiger partial charge in [-0.25, -0.2) is 4.39 Å². The van der Waals surface area contributed by atoms with Crippen LogP contribution in [0.15, 0.2) is 83.3 Å². The number of amides is 2. The van der Waals surface area contributed by atoms with Crippen LogP contribution in [0.25, 0.3) is 0 Å². The minimum atomic E-state index is -0.722. The Morgan fingerprint density at radius 1 is 0.938 bits per heavy atom. The van der Waals surface area contributed by atoms with Crippen molar-refractivity contribution in [2.24, 2.45) is 0 Å². The molecule has 4 nitrogen and oxygen atoms in total. The van der Waals surface area contributed by atoms with E-state index >= 15 is 0 Å². The summed E-state index contributed by atoms with van der Waals surface area (Å²) < 4.78 is 15.2. The molecule has 0 aliphatic heterocycles. The summed E-state index contributed by atoms with van der Waals surface area (Å²) in [6, 6.07) is 22.7. The summed E-state index contributed by atoms with van der Waals surface area (Å²) in [5, 5.41) is 2.86. The molecule has 0 saturated carbocycles. The number of benzene rings is 3. The van der Waals surface area contributed by atoms with Crippen LogP contribution in [-0.4, -0.2) is 29.3 Å². The molecule has 0 spiro atoms.